The van der Waals surface area contributed by atoms with E-state index in [0.717, 1.165) is 4.90 Å². The van der Waals surface area contributed by atoms with Crippen LogP contribution < -0.4 is 5.73 Å². The molecular formula is C10H18N3O8P. The molecule has 12 heteroatoms. The topological polar surface area (TPSA) is 166 Å². The molecule has 126 valence electrons. The van der Waals surface area contributed by atoms with Crippen LogP contribution in [0.1, 0.15) is 13.3 Å². The zero-order chi connectivity index (χ0) is 16.7. The maximum atomic E-state index is 12.2. The van der Waals surface area contributed by atoms with Crippen LogP contribution in [-0.4, -0.2) is 67.1 Å². The van der Waals surface area contributed by atoms with Gasteiger partial charge in [0.1, 0.15) is 18.2 Å². The van der Waals surface area contributed by atoms with E-state index in [1.165, 1.54) is 13.0 Å². The second kappa shape index (κ2) is 6.13. The number of nitrogens with two attached hydrogens (primary N) is 1. The van der Waals surface area contributed by atoms with E-state index < -0.39 is 38.4 Å². The minimum atomic E-state index is -4.98. The molecule has 1 unspecified atom stereocenters. The molecule has 0 bridgehead atoms. The van der Waals surface area contributed by atoms with E-state index in [9.17, 15) is 19.6 Å². The summed E-state index contributed by atoms with van der Waals surface area (Å²) in [5.41, 5.74) is 5.48. The largest absolute Gasteiger partial charge is 0.491 e. The Bertz CT molecular complexity index is 520. The van der Waals surface area contributed by atoms with Gasteiger partial charge < -0.3 is 30.5 Å². The minimum Gasteiger partial charge on any atom is -0.391 e. The van der Waals surface area contributed by atoms with E-state index >= 15 is 0 Å². The monoisotopic (exact) mass is 339 g/mol. The molecule has 2 aliphatic rings. The van der Waals surface area contributed by atoms with Gasteiger partial charge >= 0.3 is 13.9 Å². The normalized spacial score (nSPS) is 31.4. The van der Waals surface area contributed by atoms with Crippen LogP contribution in [0.25, 0.3) is 0 Å². The first-order valence-corrected chi connectivity index (χ1v) is 7.96. The Morgan fingerprint density at radius 1 is 1.55 bits per heavy atom. The maximum absolute atomic E-state index is 12.2. The molecule has 22 heavy (non-hydrogen) atoms. The highest BCUT2D eigenvalue weighted by Gasteiger charge is 2.44. The Balaban J connectivity index is 2.14. The summed E-state index contributed by atoms with van der Waals surface area (Å²) in [4.78, 5) is 30.9. The predicted molar refractivity (Wildman–Crippen MR) is 70.3 cm³/mol. The molecule has 0 saturated carbocycles. The first kappa shape index (κ1) is 17.2. The Hall–Kier alpha value is -1.20. The van der Waals surface area contributed by atoms with E-state index in [1.54, 1.807) is 0 Å². The quantitative estimate of drug-likeness (QED) is 0.379. The van der Waals surface area contributed by atoms with Gasteiger partial charge in [-0.2, -0.15) is 4.62 Å². The Morgan fingerprint density at radius 3 is 2.68 bits per heavy atom. The summed E-state index contributed by atoms with van der Waals surface area (Å²) >= 11 is 0. The summed E-state index contributed by atoms with van der Waals surface area (Å²) in [6.07, 6.45) is -2.31. The van der Waals surface area contributed by atoms with E-state index in [2.05, 4.69) is 4.62 Å². The molecule has 2 amide bonds. The number of carbonyl (C=O) groups excluding carboxylic acids is 1. The molecule has 1 fully saturated rings. The number of carbonyl (C=O) groups is 1. The second-order valence-corrected chi connectivity index (χ2v) is 6.17. The number of aliphatic hydroxyl groups is 2. The number of hydrogen-bond acceptors (Lipinski definition) is 7. The molecule has 0 aromatic carbocycles. The van der Waals surface area contributed by atoms with Crippen LogP contribution in [0.15, 0.2) is 11.9 Å². The van der Waals surface area contributed by atoms with Gasteiger partial charge in [0.25, 0.3) is 0 Å². The summed E-state index contributed by atoms with van der Waals surface area (Å²) in [5, 5.41) is 19.6. The fourth-order valence-electron chi connectivity index (χ4n) is 2.31. The molecule has 0 spiro atoms. The molecule has 0 aromatic rings. The van der Waals surface area contributed by atoms with Gasteiger partial charge in [-0.1, -0.05) is 0 Å². The fraction of sp³-hybridized carbons (Fsp3) is 0.700. The number of urea groups is 1. The number of nitrogens with zero attached hydrogens (tertiary/aromatic N) is 2. The van der Waals surface area contributed by atoms with Crippen molar-refractivity contribution in [3.63, 3.8) is 0 Å². The zero-order valence-electron chi connectivity index (χ0n) is 11.6. The smallest absolute Gasteiger partial charge is 0.391 e. The Labute approximate surface area is 125 Å². The molecule has 2 heterocycles. The number of rotatable bonds is 4. The summed E-state index contributed by atoms with van der Waals surface area (Å²) in [5.74, 6) is -0.268. The van der Waals surface area contributed by atoms with Crippen LogP contribution in [0.3, 0.4) is 0 Å². The van der Waals surface area contributed by atoms with Gasteiger partial charge in [-0.05, 0) is 13.0 Å². The van der Waals surface area contributed by atoms with Crippen LogP contribution in [0.4, 0.5) is 4.79 Å². The van der Waals surface area contributed by atoms with Crippen LogP contribution >= 0.6 is 7.82 Å². The lowest BCUT2D eigenvalue weighted by atomic mass is 10.1. The third-order valence-electron chi connectivity index (χ3n) is 3.30. The van der Waals surface area contributed by atoms with Gasteiger partial charge in [-0.25, -0.2) is 9.36 Å². The maximum Gasteiger partial charge on any atom is 0.491 e. The van der Waals surface area contributed by atoms with Crippen LogP contribution in [0, 0.1) is 0 Å². The fourth-order valence-corrected chi connectivity index (χ4v) is 2.69. The third-order valence-corrected chi connectivity index (χ3v) is 3.67. The molecule has 6 N–H and O–H groups in total. The molecule has 2 aliphatic heterocycles. The molecule has 1 saturated heterocycles. The minimum absolute atomic E-state index is 0.00953. The molecule has 11 nitrogen and oxygen atoms in total. The molecule has 0 radical (unpaired) electrons. The van der Waals surface area contributed by atoms with Crippen molar-refractivity contribution in [2.24, 2.45) is 5.73 Å². The summed E-state index contributed by atoms with van der Waals surface area (Å²) in [6.45, 7) is 1.45. The average Bonchev–Trinajstić information content (AvgIpc) is 2.75. The van der Waals surface area contributed by atoms with Crippen molar-refractivity contribution < 1.29 is 38.7 Å². The van der Waals surface area contributed by atoms with Crippen molar-refractivity contribution in [1.82, 2.24) is 9.96 Å². The van der Waals surface area contributed by atoms with Gasteiger partial charge in [-0.3, -0.25) is 4.90 Å². The number of hydrogen-bond donors (Lipinski definition) is 5. The Morgan fingerprint density at radius 2 is 2.18 bits per heavy atom. The van der Waals surface area contributed by atoms with Crippen molar-refractivity contribution in [1.29, 1.82) is 0 Å². The van der Waals surface area contributed by atoms with E-state index in [-0.39, 0.29) is 23.8 Å². The third kappa shape index (κ3) is 3.58. The Kier molecular flexibility index (Phi) is 4.78. The lowest BCUT2D eigenvalue weighted by Crippen LogP contribution is -2.52. The van der Waals surface area contributed by atoms with Gasteiger partial charge in [0.05, 0.1) is 12.2 Å². The van der Waals surface area contributed by atoms with Crippen molar-refractivity contribution in [3.8, 4) is 0 Å². The first-order valence-electron chi connectivity index (χ1n) is 6.43. The van der Waals surface area contributed by atoms with E-state index in [0.29, 0.717) is 0 Å². The summed E-state index contributed by atoms with van der Waals surface area (Å²) in [6, 6.07) is -0.938. The van der Waals surface area contributed by atoms with Crippen molar-refractivity contribution in [2.75, 3.05) is 6.54 Å². The van der Waals surface area contributed by atoms with Gasteiger partial charge in [0.15, 0.2) is 0 Å². The van der Waals surface area contributed by atoms with Crippen LogP contribution in [0.2, 0.25) is 0 Å². The first-order chi connectivity index (χ1) is 10.1. The number of aliphatic hydroxyl groups excluding tert-OH is 2. The number of hydroxylamine groups is 2. The molecule has 4 atom stereocenters. The van der Waals surface area contributed by atoms with Crippen molar-refractivity contribution >= 4 is 13.9 Å². The zero-order valence-corrected chi connectivity index (χ0v) is 12.5. The standard InChI is InChI=1S/C10H18N3O8P/c1-5(14)9-6(15)4-8(20-9)12-3-2-7(11)13(10(12)16)21-22(17,18)19/h2,5-6,8-9,14-15H,3-4,11H2,1H3,(H2,17,18,19)/t5?,6-,8+,9+/m0/s1. The average molecular weight is 339 g/mol. The van der Waals surface area contributed by atoms with Crippen molar-refractivity contribution in [3.05, 3.63) is 11.9 Å². The van der Waals surface area contributed by atoms with Gasteiger partial charge in [0, 0.05) is 13.0 Å². The predicted octanol–water partition coefficient (Wildman–Crippen LogP) is -1.59. The van der Waals surface area contributed by atoms with Crippen LogP contribution in [0.5, 0.6) is 0 Å². The number of amides is 2. The molecule has 2 rings (SSSR count). The van der Waals surface area contributed by atoms with Crippen LogP contribution in [-0.2, 0) is 13.9 Å². The lowest BCUT2D eigenvalue weighted by Gasteiger charge is -2.35. The highest BCUT2D eigenvalue weighted by molar-refractivity contribution is 7.46. The molecule has 0 aromatic heterocycles. The summed E-state index contributed by atoms with van der Waals surface area (Å²) < 4.78 is 20.5. The SMILES string of the molecule is CC(O)[C@H]1O[C@@H](N2CC=C(N)N(OP(=O)(O)O)C2=O)C[C@@H]1O. The highest BCUT2D eigenvalue weighted by atomic mass is 31.2. The van der Waals surface area contributed by atoms with Gasteiger partial charge in [0.2, 0.25) is 0 Å². The van der Waals surface area contributed by atoms with Gasteiger partial charge in [-0.15, -0.1) is 5.06 Å². The number of ether oxygens (including phenoxy) is 1. The number of phosphoric acid groups is 1. The van der Waals surface area contributed by atoms with E-state index in [1.807, 2.05) is 0 Å². The highest BCUT2D eigenvalue weighted by Crippen LogP contribution is 2.39. The lowest BCUT2D eigenvalue weighted by molar-refractivity contribution is -0.104. The molecular weight excluding hydrogens is 321 g/mol. The summed E-state index contributed by atoms with van der Waals surface area (Å²) in [7, 11) is -4.98. The molecule has 0 aliphatic carbocycles. The second-order valence-electron chi connectivity index (χ2n) is 5.03. The van der Waals surface area contributed by atoms with E-state index in [4.69, 9.17) is 20.3 Å². The van der Waals surface area contributed by atoms with Crippen molar-refractivity contribution in [2.45, 2.75) is 37.9 Å².